The molecule has 4 aromatic rings. The second-order valence-corrected chi connectivity index (χ2v) is 7.84. The molecule has 0 radical (unpaired) electrons. The number of aryl methyl sites for hydroxylation is 1. The predicted octanol–water partition coefficient (Wildman–Crippen LogP) is 4.37. The molecule has 0 spiro atoms. The predicted molar refractivity (Wildman–Crippen MR) is 96.4 cm³/mol. The summed E-state index contributed by atoms with van der Waals surface area (Å²) >= 11 is 4.88. The first-order chi connectivity index (χ1) is 11.9. The van der Waals surface area contributed by atoms with E-state index >= 15 is 0 Å². The molecule has 0 fully saturated rings. The SMILES string of the molecule is c1csc(-c2noc(CCCSc3n[nH]c(-c4cccs4)n3)n2)c1. The molecule has 4 heterocycles. The number of aromatic nitrogens is 5. The fraction of sp³-hybridized carbons (Fsp3) is 0.200. The van der Waals surface area contributed by atoms with Crippen molar-refractivity contribution >= 4 is 34.4 Å². The van der Waals surface area contributed by atoms with E-state index in [4.69, 9.17) is 4.52 Å². The summed E-state index contributed by atoms with van der Waals surface area (Å²) in [6.45, 7) is 0. The first-order valence-electron chi connectivity index (χ1n) is 7.34. The molecule has 0 aromatic carbocycles. The van der Waals surface area contributed by atoms with Gasteiger partial charge in [-0.25, -0.2) is 4.98 Å². The zero-order valence-corrected chi connectivity index (χ0v) is 15.0. The Kier molecular flexibility index (Phi) is 4.72. The van der Waals surface area contributed by atoms with Gasteiger partial charge in [-0.2, -0.15) is 4.98 Å². The van der Waals surface area contributed by atoms with Crippen molar-refractivity contribution in [1.82, 2.24) is 25.3 Å². The minimum Gasteiger partial charge on any atom is -0.339 e. The molecule has 4 rings (SSSR count). The maximum absolute atomic E-state index is 5.29. The van der Waals surface area contributed by atoms with E-state index in [2.05, 4.69) is 25.3 Å². The summed E-state index contributed by atoms with van der Waals surface area (Å²) in [4.78, 5) is 11.0. The van der Waals surface area contributed by atoms with Crippen molar-refractivity contribution in [2.24, 2.45) is 0 Å². The van der Waals surface area contributed by atoms with E-state index in [1.54, 1.807) is 34.4 Å². The lowest BCUT2D eigenvalue weighted by Gasteiger charge is -1.94. The van der Waals surface area contributed by atoms with Gasteiger partial charge in [0.25, 0.3) is 0 Å². The van der Waals surface area contributed by atoms with E-state index in [0.717, 1.165) is 39.3 Å². The van der Waals surface area contributed by atoms with Crippen molar-refractivity contribution in [3.8, 4) is 21.4 Å². The van der Waals surface area contributed by atoms with E-state index in [1.165, 1.54) is 0 Å². The standard InChI is InChI=1S/C15H13N5OS3/c1-4-10(22-7-1)13-17-15(19-18-13)24-9-3-6-12-16-14(20-21-12)11-5-2-8-23-11/h1-2,4-5,7-8H,3,6,9H2,(H,17,18,19). The van der Waals surface area contributed by atoms with Gasteiger partial charge in [0.1, 0.15) is 0 Å². The van der Waals surface area contributed by atoms with Crippen molar-refractivity contribution < 1.29 is 4.52 Å². The Balaban J connectivity index is 1.26. The fourth-order valence-corrected chi connectivity index (χ4v) is 4.13. The fourth-order valence-electron chi connectivity index (χ4n) is 2.08. The Morgan fingerprint density at radius 1 is 1.08 bits per heavy atom. The van der Waals surface area contributed by atoms with Crippen LogP contribution >= 0.6 is 34.4 Å². The van der Waals surface area contributed by atoms with Crippen molar-refractivity contribution in [3.63, 3.8) is 0 Å². The number of rotatable bonds is 7. The summed E-state index contributed by atoms with van der Waals surface area (Å²) < 4.78 is 5.29. The van der Waals surface area contributed by atoms with Gasteiger partial charge < -0.3 is 4.52 Å². The summed E-state index contributed by atoms with van der Waals surface area (Å²) in [6, 6.07) is 8.00. The maximum Gasteiger partial charge on any atom is 0.227 e. The van der Waals surface area contributed by atoms with Gasteiger partial charge in [-0.1, -0.05) is 29.1 Å². The molecule has 122 valence electrons. The van der Waals surface area contributed by atoms with E-state index in [-0.39, 0.29) is 0 Å². The molecule has 0 saturated heterocycles. The molecule has 0 unspecified atom stereocenters. The van der Waals surface area contributed by atoms with Gasteiger partial charge in [-0.3, -0.25) is 5.10 Å². The number of nitrogens with one attached hydrogen (secondary N) is 1. The van der Waals surface area contributed by atoms with Gasteiger partial charge in [0.2, 0.25) is 16.9 Å². The molecule has 0 aliphatic carbocycles. The molecule has 0 bridgehead atoms. The Labute approximate surface area is 150 Å². The third-order valence-electron chi connectivity index (χ3n) is 3.20. The quantitative estimate of drug-likeness (QED) is 0.382. The van der Waals surface area contributed by atoms with Crippen LogP contribution in [0.15, 0.2) is 44.7 Å². The Morgan fingerprint density at radius 3 is 2.71 bits per heavy atom. The van der Waals surface area contributed by atoms with Crippen LogP contribution in [0.5, 0.6) is 0 Å². The van der Waals surface area contributed by atoms with E-state index in [1.807, 2.05) is 35.0 Å². The lowest BCUT2D eigenvalue weighted by molar-refractivity contribution is 0.378. The third kappa shape index (κ3) is 3.58. The molecular weight excluding hydrogens is 362 g/mol. The average molecular weight is 376 g/mol. The molecule has 0 saturated carbocycles. The van der Waals surface area contributed by atoms with Crippen LogP contribution in [0.3, 0.4) is 0 Å². The van der Waals surface area contributed by atoms with Crippen LogP contribution in [0.25, 0.3) is 21.4 Å². The number of nitrogens with zero attached hydrogens (tertiary/aromatic N) is 4. The topological polar surface area (TPSA) is 80.5 Å². The number of hydrogen-bond donors (Lipinski definition) is 1. The maximum atomic E-state index is 5.29. The Hall–Kier alpha value is -1.97. The highest BCUT2D eigenvalue weighted by atomic mass is 32.2. The summed E-state index contributed by atoms with van der Waals surface area (Å²) in [5, 5.41) is 16.0. The minimum absolute atomic E-state index is 0.669. The average Bonchev–Trinajstić information content (AvgIpc) is 3.40. The highest BCUT2D eigenvalue weighted by molar-refractivity contribution is 7.99. The van der Waals surface area contributed by atoms with Crippen molar-refractivity contribution in [3.05, 3.63) is 40.9 Å². The normalized spacial score (nSPS) is 11.2. The number of aromatic amines is 1. The smallest absolute Gasteiger partial charge is 0.227 e. The molecule has 9 heteroatoms. The van der Waals surface area contributed by atoms with Crippen LogP contribution in [-0.4, -0.2) is 31.1 Å². The number of hydrogen-bond acceptors (Lipinski definition) is 8. The van der Waals surface area contributed by atoms with Crippen molar-refractivity contribution in [2.75, 3.05) is 5.75 Å². The van der Waals surface area contributed by atoms with Crippen LogP contribution in [0.4, 0.5) is 0 Å². The monoisotopic (exact) mass is 375 g/mol. The largest absolute Gasteiger partial charge is 0.339 e. The van der Waals surface area contributed by atoms with Crippen molar-refractivity contribution in [2.45, 2.75) is 18.0 Å². The molecular formula is C15H13N5OS3. The van der Waals surface area contributed by atoms with Crippen LogP contribution in [0.2, 0.25) is 0 Å². The first-order valence-corrected chi connectivity index (χ1v) is 10.1. The number of H-pyrrole nitrogens is 1. The second kappa shape index (κ2) is 7.29. The van der Waals surface area contributed by atoms with Crippen LogP contribution in [-0.2, 0) is 6.42 Å². The lowest BCUT2D eigenvalue weighted by atomic mass is 10.3. The van der Waals surface area contributed by atoms with E-state index in [9.17, 15) is 0 Å². The van der Waals surface area contributed by atoms with Gasteiger partial charge in [-0.15, -0.1) is 27.8 Å². The molecule has 1 N–H and O–H groups in total. The van der Waals surface area contributed by atoms with Gasteiger partial charge in [0.15, 0.2) is 5.82 Å². The summed E-state index contributed by atoms with van der Waals surface area (Å²) in [6.07, 6.45) is 1.69. The van der Waals surface area contributed by atoms with Gasteiger partial charge in [0, 0.05) is 12.2 Å². The van der Waals surface area contributed by atoms with Gasteiger partial charge in [-0.05, 0) is 29.3 Å². The number of thiophene rings is 2. The zero-order chi connectivity index (χ0) is 16.2. The molecule has 0 aliphatic heterocycles. The highest BCUT2D eigenvalue weighted by Crippen LogP contribution is 2.24. The van der Waals surface area contributed by atoms with Gasteiger partial charge in [0.05, 0.1) is 9.75 Å². The highest BCUT2D eigenvalue weighted by Gasteiger charge is 2.10. The third-order valence-corrected chi connectivity index (χ3v) is 5.87. The summed E-state index contributed by atoms with van der Waals surface area (Å²) in [5.41, 5.74) is 0. The van der Waals surface area contributed by atoms with Crippen molar-refractivity contribution in [1.29, 1.82) is 0 Å². The van der Waals surface area contributed by atoms with Crippen LogP contribution in [0, 0.1) is 0 Å². The van der Waals surface area contributed by atoms with Gasteiger partial charge >= 0.3 is 0 Å². The lowest BCUT2D eigenvalue weighted by Crippen LogP contribution is -1.89. The van der Waals surface area contributed by atoms with Crippen LogP contribution in [0.1, 0.15) is 12.3 Å². The molecule has 24 heavy (non-hydrogen) atoms. The van der Waals surface area contributed by atoms with Crippen LogP contribution < -0.4 is 0 Å². The Morgan fingerprint density at radius 2 is 1.92 bits per heavy atom. The second-order valence-electron chi connectivity index (χ2n) is 4.88. The van der Waals surface area contributed by atoms with E-state index < -0.39 is 0 Å². The zero-order valence-electron chi connectivity index (χ0n) is 12.5. The molecule has 0 atom stereocenters. The molecule has 0 aliphatic rings. The molecule has 4 aromatic heterocycles. The van der Waals surface area contributed by atoms with E-state index in [0.29, 0.717) is 11.7 Å². The molecule has 6 nitrogen and oxygen atoms in total. The molecule has 0 amide bonds. The first kappa shape index (κ1) is 15.6. The summed E-state index contributed by atoms with van der Waals surface area (Å²) in [7, 11) is 0. The Bertz CT molecular complexity index is 808. The number of thioether (sulfide) groups is 1. The minimum atomic E-state index is 0.669. The summed E-state index contributed by atoms with van der Waals surface area (Å²) in [5.74, 6) is 3.07.